The fourth-order valence-corrected chi connectivity index (χ4v) is 1.69. The van der Waals surface area contributed by atoms with E-state index in [1.54, 1.807) is 18.2 Å². The molecule has 0 aliphatic heterocycles. The predicted octanol–water partition coefficient (Wildman–Crippen LogP) is 3.65. The van der Waals surface area contributed by atoms with Crippen LogP contribution >= 0.6 is 0 Å². The van der Waals surface area contributed by atoms with Crippen LogP contribution in [0.4, 0.5) is 13.2 Å². The molecule has 108 valence electrons. The van der Waals surface area contributed by atoms with Gasteiger partial charge in [-0.1, -0.05) is 42.5 Å². The summed E-state index contributed by atoms with van der Waals surface area (Å²) in [5.41, 5.74) is 0.00949. The van der Waals surface area contributed by atoms with E-state index in [4.69, 9.17) is 0 Å². The average Bonchev–Trinajstić information content (AvgIpc) is 2.45. The van der Waals surface area contributed by atoms with Crippen molar-refractivity contribution < 1.29 is 27.5 Å². The van der Waals surface area contributed by atoms with Crippen LogP contribution in [0.3, 0.4) is 0 Å². The third kappa shape index (κ3) is 3.92. The molecule has 0 aromatic heterocycles. The maximum Gasteiger partial charge on any atom is 0.573 e. The van der Waals surface area contributed by atoms with Crippen LogP contribution in [0.25, 0.3) is 0 Å². The number of rotatable bonds is 4. The predicted molar refractivity (Wildman–Crippen MR) is 68.2 cm³/mol. The number of carbonyl (C=O) groups is 2. The molecule has 0 N–H and O–H groups in total. The van der Waals surface area contributed by atoms with Crippen LogP contribution < -0.4 is 4.74 Å². The van der Waals surface area contributed by atoms with Gasteiger partial charge in [0.05, 0.1) is 0 Å². The summed E-state index contributed by atoms with van der Waals surface area (Å²) in [5.74, 6) is -2.23. The molecule has 0 aliphatic carbocycles. The molecule has 0 spiro atoms. The number of Topliss-reactive ketones (excluding diaryl/α,β-unsaturated/α-hetero) is 2. The lowest BCUT2D eigenvalue weighted by Crippen LogP contribution is -2.18. The van der Waals surface area contributed by atoms with Crippen molar-refractivity contribution >= 4 is 11.6 Å². The van der Waals surface area contributed by atoms with Crippen LogP contribution in [0.15, 0.2) is 54.6 Å². The van der Waals surface area contributed by atoms with E-state index in [-0.39, 0.29) is 11.1 Å². The zero-order chi connectivity index (χ0) is 15.5. The molecule has 0 bridgehead atoms. The molecule has 2 aromatic carbocycles. The summed E-state index contributed by atoms with van der Waals surface area (Å²) in [6.07, 6.45) is -4.86. The van der Waals surface area contributed by atoms with Crippen LogP contribution in [-0.2, 0) is 0 Å². The molecule has 0 atom stereocenters. The van der Waals surface area contributed by atoms with E-state index in [0.29, 0.717) is 0 Å². The molecule has 0 heterocycles. The molecule has 0 aliphatic rings. The second kappa shape index (κ2) is 5.78. The smallest absolute Gasteiger partial charge is 0.406 e. The molecule has 0 saturated heterocycles. The minimum absolute atomic E-state index is 0.161. The molecular weight excluding hydrogens is 285 g/mol. The molecule has 0 saturated carbocycles. The van der Waals surface area contributed by atoms with Crippen LogP contribution in [-0.4, -0.2) is 17.9 Å². The first kappa shape index (κ1) is 14.8. The van der Waals surface area contributed by atoms with E-state index >= 15 is 0 Å². The monoisotopic (exact) mass is 294 g/mol. The average molecular weight is 294 g/mol. The summed E-state index contributed by atoms with van der Waals surface area (Å²) in [5, 5.41) is 0. The molecule has 0 fully saturated rings. The van der Waals surface area contributed by atoms with Crippen molar-refractivity contribution in [2.24, 2.45) is 0 Å². The highest BCUT2D eigenvalue weighted by atomic mass is 19.4. The lowest BCUT2D eigenvalue weighted by atomic mass is 10.0. The lowest BCUT2D eigenvalue weighted by molar-refractivity contribution is -0.274. The minimum atomic E-state index is -4.86. The topological polar surface area (TPSA) is 43.4 Å². The first-order valence-corrected chi connectivity index (χ1v) is 5.87. The normalized spacial score (nSPS) is 11.0. The number of hydrogen-bond acceptors (Lipinski definition) is 3. The number of carbonyl (C=O) groups excluding carboxylic acids is 2. The number of benzene rings is 2. The summed E-state index contributed by atoms with van der Waals surface area (Å²) in [6, 6.07) is 12.2. The zero-order valence-corrected chi connectivity index (χ0v) is 10.6. The Morgan fingerprint density at radius 1 is 0.810 bits per heavy atom. The van der Waals surface area contributed by atoms with E-state index in [2.05, 4.69) is 4.74 Å². The first-order valence-electron chi connectivity index (χ1n) is 5.87. The van der Waals surface area contributed by atoms with Crippen molar-refractivity contribution in [3.8, 4) is 5.75 Å². The van der Waals surface area contributed by atoms with E-state index in [9.17, 15) is 22.8 Å². The minimum Gasteiger partial charge on any atom is -0.406 e. The van der Waals surface area contributed by atoms with Crippen molar-refractivity contribution in [1.82, 2.24) is 0 Å². The zero-order valence-electron chi connectivity index (χ0n) is 10.6. The van der Waals surface area contributed by atoms with Crippen LogP contribution in [0.5, 0.6) is 5.75 Å². The fraction of sp³-hybridized carbons (Fsp3) is 0.0667. The summed E-state index contributed by atoms with van der Waals surface area (Å²) >= 11 is 0. The van der Waals surface area contributed by atoms with Gasteiger partial charge in [-0.05, 0) is 12.1 Å². The Labute approximate surface area is 118 Å². The van der Waals surface area contributed by atoms with Crippen LogP contribution in [0.1, 0.15) is 20.7 Å². The third-order valence-corrected chi connectivity index (χ3v) is 2.57. The van der Waals surface area contributed by atoms with Gasteiger partial charge in [0, 0.05) is 11.1 Å². The van der Waals surface area contributed by atoms with Crippen molar-refractivity contribution in [3.63, 3.8) is 0 Å². The number of alkyl halides is 3. The second-order valence-corrected chi connectivity index (χ2v) is 4.10. The van der Waals surface area contributed by atoms with Gasteiger partial charge in [-0.2, -0.15) is 0 Å². The number of hydrogen-bond donors (Lipinski definition) is 0. The van der Waals surface area contributed by atoms with Gasteiger partial charge in [0.2, 0.25) is 11.6 Å². The van der Waals surface area contributed by atoms with E-state index < -0.39 is 23.7 Å². The first-order chi connectivity index (χ1) is 9.87. The maximum absolute atomic E-state index is 12.1. The number of ether oxygens (including phenoxy) is 1. The summed E-state index contributed by atoms with van der Waals surface area (Å²) in [4.78, 5) is 23.9. The van der Waals surface area contributed by atoms with E-state index in [0.717, 1.165) is 12.1 Å². The Kier molecular flexibility index (Phi) is 4.07. The highest BCUT2D eigenvalue weighted by Gasteiger charge is 2.31. The lowest BCUT2D eigenvalue weighted by Gasteiger charge is -2.09. The Morgan fingerprint density at radius 2 is 1.38 bits per heavy atom. The summed E-state index contributed by atoms with van der Waals surface area (Å²) in [6.45, 7) is 0. The van der Waals surface area contributed by atoms with Crippen molar-refractivity contribution in [2.75, 3.05) is 0 Å². The van der Waals surface area contributed by atoms with Crippen molar-refractivity contribution in [2.45, 2.75) is 6.36 Å². The van der Waals surface area contributed by atoms with Gasteiger partial charge in [-0.15, -0.1) is 13.2 Å². The quantitative estimate of drug-likeness (QED) is 0.638. The van der Waals surface area contributed by atoms with Gasteiger partial charge in [0.15, 0.2) is 0 Å². The molecule has 0 unspecified atom stereocenters. The van der Waals surface area contributed by atoms with Gasteiger partial charge in [0.1, 0.15) is 5.75 Å². The Hall–Kier alpha value is -2.63. The second-order valence-electron chi connectivity index (χ2n) is 4.10. The molecular formula is C15H9F3O3. The maximum atomic E-state index is 12.1. The molecule has 2 rings (SSSR count). The van der Waals surface area contributed by atoms with Gasteiger partial charge in [-0.3, -0.25) is 9.59 Å². The van der Waals surface area contributed by atoms with Gasteiger partial charge < -0.3 is 4.74 Å². The highest BCUT2D eigenvalue weighted by molar-refractivity contribution is 6.49. The van der Waals surface area contributed by atoms with Crippen LogP contribution in [0, 0.1) is 0 Å². The van der Waals surface area contributed by atoms with E-state index in [1.807, 2.05) is 0 Å². The third-order valence-electron chi connectivity index (χ3n) is 2.57. The van der Waals surface area contributed by atoms with Gasteiger partial charge in [0.25, 0.3) is 0 Å². The van der Waals surface area contributed by atoms with Crippen LogP contribution in [0.2, 0.25) is 0 Å². The van der Waals surface area contributed by atoms with E-state index in [1.165, 1.54) is 24.3 Å². The SMILES string of the molecule is O=C(C(=O)c1cccc(OC(F)(F)F)c1)c1ccccc1. The molecule has 0 amide bonds. The van der Waals surface area contributed by atoms with Gasteiger partial charge >= 0.3 is 6.36 Å². The Bertz CT molecular complexity index is 663. The van der Waals surface area contributed by atoms with Crippen molar-refractivity contribution in [1.29, 1.82) is 0 Å². The summed E-state index contributed by atoms with van der Waals surface area (Å²) < 4.78 is 40.1. The molecule has 0 radical (unpaired) electrons. The number of halogens is 3. The van der Waals surface area contributed by atoms with Gasteiger partial charge in [-0.25, -0.2) is 0 Å². The molecule has 2 aromatic rings. The Morgan fingerprint density at radius 3 is 2.00 bits per heavy atom. The van der Waals surface area contributed by atoms with Crippen molar-refractivity contribution in [3.05, 3.63) is 65.7 Å². The standard InChI is InChI=1S/C15H9F3O3/c16-15(17,18)21-12-8-4-7-11(9-12)14(20)13(19)10-5-2-1-3-6-10/h1-9H. The highest BCUT2D eigenvalue weighted by Crippen LogP contribution is 2.23. The molecule has 3 nitrogen and oxygen atoms in total. The molecule has 21 heavy (non-hydrogen) atoms. The fourth-order valence-electron chi connectivity index (χ4n) is 1.69. The Balaban J connectivity index is 2.24. The largest absolute Gasteiger partial charge is 0.573 e. The molecule has 6 heteroatoms. The number of ketones is 2. The summed E-state index contributed by atoms with van der Waals surface area (Å²) in [7, 11) is 0.